The lowest BCUT2D eigenvalue weighted by atomic mass is 10.3. The van der Waals surface area contributed by atoms with Crippen LogP contribution in [0.5, 0.6) is 0 Å². The summed E-state index contributed by atoms with van der Waals surface area (Å²) in [5.74, 6) is 0. The zero-order chi connectivity index (χ0) is 9.47. The minimum Gasteiger partial charge on any atom is -0.432 e. The van der Waals surface area contributed by atoms with Crippen LogP contribution in [0, 0.1) is 6.39 Å². The van der Waals surface area contributed by atoms with E-state index in [1.807, 2.05) is 0 Å². The number of oxazole rings is 1. The van der Waals surface area contributed by atoms with Crippen molar-refractivity contribution in [2.45, 2.75) is 4.90 Å². The maximum absolute atomic E-state index is 10.7. The Morgan fingerprint density at radius 1 is 1.46 bits per heavy atom. The van der Waals surface area contributed by atoms with Gasteiger partial charge in [0.15, 0.2) is 5.58 Å². The van der Waals surface area contributed by atoms with Crippen molar-refractivity contribution in [3.8, 4) is 0 Å². The number of nitrogens with zero attached hydrogens (tertiary/aromatic N) is 1. The number of aromatic nitrogens is 1. The average molecular weight is 198 g/mol. The highest BCUT2D eigenvalue weighted by Gasteiger charge is 2.10. The number of fused-ring (bicyclic) bond motifs is 1. The van der Waals surface area contributed by atoms with Crippen molar-refractivity contribution in [2.75, 3.05) is 0 Å². The second-order valence-electron chi connectivity index (χ2n) is 2.41. The van der Waals surface area contributed by atoms with Gasteiger partial charge >= 0.3 is 0 Å². The summed E-state index contributed by atoms with van der Waals surface area (Å²) in [6.45, 7) is 0. The van der Waals surface area contributed by atoms with E-state index < -0.39 is 10.1 Å². The zero-order valence-electron chi connectivity index (χ0n) is 6.26. The van der Waals surface area contributed by atoms with Gasteiger partial charge in [0.1, 0.15) is 5.52 Å². The van der Waals surface area contributed by atoms with Crippen molar-refractivity contribution < 1.29 is 17.4 Å². The Bertz CT molecular complexity index is 542. The molecule has 1 N–H and O–H groups in total. The summed E-state index contributed by atoms with van der Waals surface area (Å²) >= 11 is 0. The van der Waals surface area contributed by atoms with Crippen LogP contribution in [-0.2, 0) is 10.1 Å². The van der Waals surface area contributed by atoms with Crippen LogP contribution >= 0.6 is 0 Å². The predicted molar refractivity (Wildman–Crippen MR) is 42.7 cm³/mol. The Balaban J connectivity index is 2.75. The number of hydrogen-bond acceptors (Lipinski definition) is 4. The third-order valence-electron chi connectivity index (χ3n) is 1.55. The van der Waals surface area contributed by atoms with Gasteiger partial charge in [-0.1, -0.05) is 0 Å². The molecule has 0 saturated heterocycles. The van der Waals surface area contributed by atoms with Crippen molar-refractivity contribution in [3.63, 3.8) is 0 Å². The highest BCUT2D eigenvalue weighted by molar-refractivity contribution is 7.85. The van der Waals surface area contributed by atoms with E-state index >= 15 is 0 Å². The monoisotopic (exact) mass is 198 g/mol. The van der Waals surface area contributed by atoms with Crippen molar-refractivity contribution in [1.82, 2.24) is 4.98 Å². The fourth-order valence-corrected chi connectivity index (χ4v) is 1.45. The lowest BCUT2D eigenvalue weighted by molar-refractivity contribution is 0.483. The first-order valence-electron chi connectivity index (χ1n) is 3.31. The van der Waals surface area contributed by atoms with Crippen molar-refractivity contribution in [1.29, 1.82) is 0 Å². The van der Waals surface area contributed by atoms with Gasteiger partial charge < -0.3 is 4.42 Å². The number of hydrogen-bond donors (Lipinski definition) is 1. The summed E-state index contributed by atoms with van der Waals surface area (Å²) in [4.78, 5) is 3.42. The van der Waals surface area contributed by atoms with Gasteiger partial charge in [0.25, 0.3) is 16.5 Å². The van der Waals surface area contributed by atoms with Crippen LogP contribution in [-0.4, -0.2) is 18.0 Å². The normalized spacial score (nSPS) is 12.1. The largest absolute Gasteiger partial charge is 0.432 e. The molecule has 0 atom stereocenters. The Morgan fingerprint density at radius 2 is 2.23 bits per heavy atom. The molecule has 0 amide bonds. The van der Waals surface area contributed by atoms with Crippen LogP contribution in [0.25, 0.3) is 11.1 Å². The fraction of sp³-hybridized carbons (Fsp3) is 0. The highest BCUT2D eigenvalue weighted by Crippen LogP contribution is 2.16. The van der Waals surface area contributed by atoms with Crippen LogP contribution in [0.15, 0.2) is 27.5 Å². The van der Waals surface area contributed by atoms with Crippen molar-refractivity contribution in [3.05, 3.63) is 24.6 Å². The Hall–Kier alpha value is -1.40. The quantitative estimate of drug-likeness (QED) is 0.688. The van der Waals surface area contributed by atoms with E-state index in [0.29, 0.717) is 11.1 Å². The Morgan fingerprint density at radius 3 is 2.92 bits per heavy atom. The fourth-order valence-electron chi connectivity index (χ4n) is 0.952. The lowest BCUT2D eigenvalue weighted by Crippen LogP contribution is -1.96. The van der Waals surface area contributed by atoms with Gasteiger partial charge in [-0.25, -0.2) is 4.98 Å². The van der Waals surface area contributed by atoms with Crippen LogP contribution in [0.2, 0.25) is 0 Å². The molecule has 2 aromatic rings. The third-order valence-corrected chi connectivity index (χ3v) is 2.40. The minimum absolute atomic E-state index is 0.206. The molecule has 0 saturated carbocycles. The smallest absolute Gasteiger partial charge is 0.294 e. The topological polar surface area (TPSA) is 80.4 Å². The van der Waals surface area contributed by atoms with E-state index in [9.17, 15) is 8.42 Å². The first kappa shape index (κ1) is 8.21. The molecule has 0 fully saturated rings. The standard InChI is InChI=1S/C7H4NO4S/c9-13(10,11)5-1-2-7-6(3-5)8-4-12-7/h1-3H,(H,9,10,11). The number of rotatable bonds is 1. The third kappa shape index (κ3) is 1.41. The van der Waals surface area contributed by atoms with Crippen LogP contribution in [0.4, 0.5) is 0 Å². The zero-order valence-corrected chi connectivity index (χ0v) is 7.08. The summed E-state index contributed by atoms with van der Waals surface area (Å²) in [5.41, 5.74) is 0.766. The molecule has 1 aromatic heterocycles. The van der Waals surface area contributed by atoms with Gasteiger partial charge in [0.2, 0.25) is 0 Å². The molecular formula is C7H4NO4S. The molecule has 1 heterocycles. The first-order valence-corrected chi connectivity index (χ1v) is 4.75. The van der Waals surface area contributed by atoms with Crippen molar-refractivity contribution >= 4 is 21.2 Å². The molecule has 0 bridgehead atoms. The summed E-state index contributed by atoms with van der Waals surface area (Å²) in [6, 6.07) is 3.85. The molecule has 0 aliphatic rings. The van der Waals surface area contributed by atoms with E-state index in [4.69, 9.17) is 8.97 Å². The van der Waals surface area contributed by atoms with E-state index in [1.165, 1.54) is 18.2 Å². The lowest BCUT2D eigenvalue weighted by Gasteiger charge is -1.94. The molecule has 13 heavy (non-hydrogen) atoms. The summed E-state index contributed by atoms with van der Waals surface area (Å²) in [7, 11) is -4.17. The summed E-state index contributed by atoms with van der Waals surface area (Å²) < 4.78 is 34.8. The molecule has 1 radical (unpaired) electrons. The van der Waals surface area contributed by atoms with Gasteiger partial charge in [-0.05, 0) is 18.2 Å². The molecule has 2 rings (SSSR count). The predicted octanol–water partition coefficient (Wildman–Crippen LogP) is 0.875. The van der Waals surface area contributed by atoms with Gasteiger partial charge in [0, 0.05) is 0 Å². The Labute approximate surface area is 73.8 Å². The number of benzene rings is 1. The van der Waals surface area contributed by atoms with Gasteiger partial charge in [0.05, 0.1) is 4.90 Å². The SMILES string of the molecule is O=S(=O)(O)c1ccc2o[c]nc2c1. The van der Waals surface area contributed by atoms with Crippen LogP contribution < -0.4 is 0 Å². The average Bonchev–Trinajstić information content (AvgIpc) is 2.47. The molecule has 5 nitrogen and oxygen atoms in total. The Kier molecular flexibility index (Phi) is 1.61. The molecule has 0 unspecified atom stereocenters. The van der Waals surface area contributed by atoms with E-state index in [0.717, 1.165) is 0 Å². The molecule has 67 valence electrons. The molecule has 0 spiro atoms. The molecular weight excluding hydrogens is 194 g/mol. The van der Waals surface area contributed by atoms with E-state index in [2.05, 4.69) is 11.4 Å². The van der Waals surface area contributed by atoms with Gasteiger partial charge in [-0.3, -0.25) is 4.55 Å². The first-order chi connectivity index (χ1) is 6.07. The summed E-state index contributed by atoms with van der Waals surface area (Å²) in [6.07, 6.45) is 2.21. The van der Waals surface area contributed by atoms with E-state index in [1.54, 1.807) is 0 Å². The second-order valence-corrected chi connectivity index (χ2v) is 3.83. The molecule has 1 aromatic carbocycles. The summed E-state index contributed by atoms with van der Waals surface area (Å²) in [5, 5.41) is 0. The van der Waals surface area contributed by atoms with Gasteiger partial charge in [-0.15, -0.1) is 0 Å². The van der Waals surface area contributed by atoms with Gasteiger partial charge in [-0.2, -0.15) is 8.42 Å². The molecule has 0 aliphatic carbocycles. The second kappa shape index (κ2) is 2.54. The minimum atomic E-state index is -4.17. The van der Waals surface area contributed by atoms with Crippen LogP contribution in [0.1, 0.15) is 0 Å². The van der Waals surface area contributed by atoms with Crippen molar-refractivity contribution in [2.24, 2.45) is 0 Å². The maximum Gasteiger partial charge on any atom is 0.294 e. The highest BCUT2D eigenvalue weighted by atomic mass is 32.2. The van der Waals surface area contributed by atoms with E-state index in [-0.39, 0.29) is 4.90 Å². The molecule has 6 heteroatoms. The van der Waals surface area contributed by atoms with Crippen LogP contribution in [0.3, 0.4) is 0 Å². The maximum atomic E-state index is 10.7. The molecule has 0 aliphatic heterocycles.